The maximum atomic E-state index is 14.5. The number of carboxylic acid groups (broad SMARTS) is 1. The zero-order chi connectivity index (χ0) is 26.1. The summed E-state index contributed by atoms with van der Waals surface area (Å²) in [5, 5.41) is 12.5. The summed E-state index contributed by atoms with van der Waals surface area (Å²) in [6.07, 6.45) is 7.12. The van der Waals surface area contributed by atoms with E-state index in [0.717, 1.165) is 55.4 Å². The lowest BCUT2D eigenvalue weighted by atomic mass is 9.82. The Kier molecular flexibility index (Phi) is 7.26. The number of carbonyl (C=O) groups excluding carboxylic acids is 1. The Morgan fingerprint density at radius 1 is 0.973 bits per heavy atom. The predicted octanol–water partition coefficient (Wildman–Crippen LogP) is 6.17. The van der Waals surface area contributed by atoms with E-state index in [0.29, 0.717) is 42.5 Å². The summed E-state index contributed by atoms with van der Waals surface area (Å²) in [5.41, 5.74) is 2.56. The molecule has 2 aliphatic rings. The van der Waals surface area contributed by atoms with Crippen LogP contribution in [0.3, 0.4) is 0 Å². The summed E-state index contributed by atoms with van der Waals surface area (Å²) in [6, 6.07) is 9.25. The number of aliphatic carboxylic acids is 1. The normalized spacial score (nSPS) is 21.6. The van der Waals surface area contributed by atoms with Crippen LogP contribution in [0.5, 0.6) is 0 Å². The molecule has 37 heavy (non-hydrogen) atoms. The molecule has 1 unspecified atom stereocenters. The molecule has 0 saturated heterocycles. The van der Waals surface area contributed by atoms with Gasteiger partial charge in [0.2, 0.25) is 5.91 Å². The van der Waals surface area contributed by atoms with Gasteiger partial charge in [-0.05, 0) is 51.4 Å². The van der Waals surface area contributed by atoms with Crippen LogP contribution in [0.15, 0.2) is 36.4 Å². The monoisotopic (exact) mass is 509 g/mol. The molecule has 0 bridgehead atoms. The molecule has 3 aromatic rings. The smallest absolute Gasteiger partial charge is 0.306 e. The van der Waals surface area contributed by atoms with Crippen LogP contribution in [0, 0.1) is 30.4 Å². The predicted molar refractivity (Wildman–Crippen MR) is 137 cm³/mol. The molecule has 2 N–H and O–H groups in total. The van der Waals surface area contributed by atoms with Crippen molar-refractivity contribution in [2.24, 2.45) is 11.8 Å². The number of benzene rings is 2. The van der Waals surface area contributed by atoms with E-state index < -0.39 is 23.6 Å². The van der Waals surface area contributed by atoms with Crippen molar-refractivity contribution >= 4 is 22.9 Å². The topological polar surface area (TPSA) is 84.2 Å². The van der Waals surface area contributed by atoms with E-state index in [9.17, 15) is 23.5 Å². The molecule has 1 amide bonds. The number of carbonyl (C=O) groups is 2. The molecule has 2 aromatic carbocycles. The molecule has 1 heterocycles. The summed E-state index contributed by atoms with van der Waals surface area (Å²) in [6.45, 7) is 1.98. The van der Waals surface area contributed by atoms with Crippen LogP contribution in [0.2, 0.25) is 0 Å². The quantitative estimate of drug-likeness (QED) is 0.416. The Morgan fingerprint density at radius 2 is 1.62 bits per heavy atom. The van der Waals surface area contributed by atoms with E-state index >= 15 is 0 Å². The number of fused-ring (bicyclic) bond motifs is 1. The van der Waals surface area contributed by atoms with E-state index in [1.807, 2.05) is 35.8 Å². The number of nitrogens with one attached hydrogen (secondary N) is 1. The van der Waals surface area contributed by atoms with Crippen molar-refractivity contribution in [2.75, 3.05) is 0 Å². The van der Waals surface area contributed by atoms with Crippen molar-refractivity contribution in [3.05, 3.63) is 53.6 Å². The van der Waals surface area contributed by atoms with Gasteiger partial charge in [-0.3, -0.25) is 9.59 Å². The van der Waals surface area contributed by atoms with Crippen LogP contribution in [0.1, 0.15) is 69.4 Å². The third kappa shape index (κ3) is 5.24. The average Bonchev–Trinajstić information content (AvgIpc) is 3.23. The van der Waals surface area contributed by atoms with Crippen LogP contribution in [-0.4, -0.2) is 32.6 Å². The van der Waals surface area contributed by atoms with Crippen molar-refractivity contribution in [3.63, 3.8) is 0 Å². The summed E-state index contributed by atoms with van der Waals surface area (Å²) < 4.78 is 30.5. The van der Waals surface area contributed by atoms with Crippen molar-refractivity contribution < 1.29 is 23.5 Å². The number of hydrogen-bond donors (Lipinski definition) is 2. The van der Waals surface area contributed by atoms with Gasteiger partial charge in [-0.15, -0.1) is 0 Å². The largest absolute Gasteiger partial charge is 0.481 e. The molecule has 196 valence electrons. The third-order valence-electron chi connectivity index (χ3n) is 8.11. The van der Waals surface area contributed by atoms with Gasteiger partial charge in [0.15, 0.2) is 11.6 Å². The van der Waals surface area contributed by atoms with Crippen LogP contribution in [0.4, 0.5) is 8.78 Å². The second-order valence-electron chi connectivity index (χ2n) is 10.7. The first kappa shape index (κ1) is 25.4. The number of carboxylic acids is 1. The minimum Gasteiger partial charge on any atom is -0.481 e. The average molecular weight is 510 g/mol. The van der Waals surface area contributed by atoms with Crippen LogP contribution < -0.4 is 5.32 Å². The van der Waals surface area contributed by atoms with Crippen LogP contribution in [0.25, 0.3) is 22.4 Å². The number of nitrogens with zero attached hydrogens (tertiary/aromatic N) is 2. The van der Waals surface area contributed by atoms with E-state index in [-0.39, 0.29) is 23.8 Å². The van der Waals surface area contributed by atoms with Gasteiger partial charge >= 0.3 is 5.97 Å². The van der Waals surface area contributed by atoms with E-state index in [2.05, 4.69) is 5.32 Å². The molecule has 2 saturated carbocycles. The first-order valence-corrected chi connectivity index (χ1v) is 13.3. The number of rotatable bonds is 6. The second-order valence-corrected chi connectivity index (χ2v) is 10.7. The summed E-state index contributed by atoms with van der Waals surface area (Å²) in [4.78, 5) is 30.1. The van der Waals surface area contributed by atoms with Gasteiger partial charge in [-0.2, -0.15) is 0 Å². The third-order valence-corrected chi connectivity index (χ3v) is 8.11. The van der Waals surface area contributed by atoms with Gasteiger partial charge in [0, 0.05) is 23.7 Å². The van der Waals surface area contributed by atoms with E-state index in [1.165, 1.54) is 0 Å². The van der Waals surface area contributed by atoms with E-state index in [4.69, 9.17) is 4.98 Å². The zero-order valence-electron chi connectivity index (χ0n) is 21.1. The highest BCUT2D eigenvalue weighted by molar-refractivity contribution is 5.87. The van der Waals surface area contributed by atoms with Crippen molar-refractivity contribution in [3.8, 4) is 11.4 Å². The molecule has 1 atom stereocenters. The van der Waals surface area contributed by atoms with E-state index in [1.54, 1.807) is 0 Å². The van der Waals surface area contributed by atoms with Crippen molar-refractivity contribution in [2.45, 2.75) is 76.8 Å². The minimum absolute atomic E-state index is 0.0267. The van der Waals surface area contributed by atoms with Gasteiger partial charge in [-0.1, -0.05) is 49.1 Å². The zero-order valence-corrected chi connectivity index (χ0v) is 21.1. The molecule has 0 spiro atoms. The Balaban J connectivity index is 1.57. The molecule has 6 nitrogen and oxygen atoms in total. The molecule has 0 aliphatic heterocycles. The lowest BCUT2D eigenvalue weighted by Gasteiger charge is -2.34. The fourth-order valence-electron chi connectivity index (χ4n) is 6.04. The molecule has 1 aromatic heterocycles. The number of imidazole rings is 1. The Bertz CT molecular complexity index is 1290. The summed E-state index contributed by atoms with van der Waals surface area (Å²) >= 11 is 0. The molecular weight excluding hydrogens is 476 g/mol. The molecular formula is C29H33F2N3O3. The first-order valence-electron chi connectivity index (χ1n) is 13.3. The number of halogens is 2. The highest BCUT2D eigenvalue weighted by Gasteiger charge is 2.36. The van der Waals surface area contributed by atoms with Crippen LogP contribution >= 0.6 is 0 Å². The lowest BCUT2D eigenvalue weighted by Crippen LogP contribution is -2.44. The van der Waals surface area contributed by atoms with Crippen molar-refractivity contribution in [1.82, 2.24) is 14.9 Å². The van der Waals surface area contributed by atoms with Gasteiger partial charge in [0.25, 0.3) is 0 Å². The minimum atomic E-state index is -0.973. The maximum Gasteiger partial charge on any atom is 0.306 e. The van der Waals surface area contributed by atoms with Gasteiger partial charge < -0.3 is 15.0 Å². The Morgan fingerprint density at radius 3 is 2.27 bits per heavy atom. The van der Waals surface area contributed by atoms with Crippen LogP contribution in [-0.2, 0) is 9.59 Å². The SMILES string of the molecule is Cc1ccc(-c2nc3cc(F)c(F)cc3n2C(C(=O)NC2CCC(C(=O)O)CC2)C2CCCCC2)cc1. The Hall–Kier alpha value is -3.29. The number of aromatic nitrogens is 2. The standard InChI is InChI=1S/C29H33F2N3O3/c1-17-7-9-19(10-8-17)27-33-24-15-22(30)23(31)16-25(24)34(27)26(18-5-3-2-4-6-18)28(35)32-21-13-11-20(12-14-21)29(36)37/h7-10,15-16,18,20-21,26H,2-6,11-14H2,1H3,(H,32,35)(H,36,37). The van der Waals surface area contributed by atoms with Gasteiger partial charge in [-0.25, -0.2) is 13.8 Å². The Labute approximate surface area is 215 Å². The molecule has 0 radical (unpaired) electrons. The number of aryl methyl sites for hydroxylation is 1. The van der Waals surface area contributed by atoms with Crippen molar-refractivity contribution in [1.29, 1.82) is 0 Å². The summed E-state index contributed by atoms with van der Waals surface area (Å²) in [7, 11) is 0. The molecule has 5 rings (SSSR count). The fraction of sp³-hybridized carbons (Fsp3) is 0.483. The lowest BCUT2D eigenvalue weighted by molar-refractivity contribution is -0.142. The number of amides is 1. The molecule has 2 fully saturated rings. The first-order chi connectivity index (χ1) is 17.8. The van der Waals surface area contributed by atoms with Gasteiger partial charge in [0.1, 0.15) is 11.9 Å². The second kappa shape index (κ2) is 10.6. The number of hydrogen-bond acceptors (Lipinski definition) is 3. The highest BCUT2D eigenvalue weighted by Crippen LogP contribution is 2.39. The molecule has 8 heteroatoms. The molecule has 2 aliphatic carbocycles. The summed E-state index contributed by atoms with van der Waals surface area (Å²) in [5.74, 6) is -2.72. The highest BCUT2D eigenvalue weighted by atomic mass is 19.2. The maximum absolute atomic E-state index is 14.5. The van der Waals surface area contributed by atoms with Gasteiger partial charge in [0.05, 0.1) is 17.0 Å². The fourth-order valence-corrected chi connectivity index (χ4v) is 6.04.